The van der Waals surface area contributed by atoms with Gasteiger partial charge in [-0.15, -0.1) is 0 Å². The van der Waals surface area contributed by atoms with E-state index in [2.05, 4.69) is 15.0 Å². The number of nitrogens with one attached hydrogen (secondary N) is 1. The van der Waals surface area contributed by atoms with Crippen LogP contribution in [0.2, 0.25) is 5.02 Å². The predicted molar refractivity (Wildman–Crippen MR) is 122 cm³/mol. The molecule has 36 heavy (non-hydrogen) atoms. The van der Waals surface area contributed by atoms with Gasteiger partial charge in [0.15, 0.2) is 11.8 Å². The van der Waals surface area contributed by atoms with Crippen LogP contribution in [-0.4, -0.2) is 76.0 Å². The third kappa shape index (κ3) is 3.57. The van der Waals surface area contributed by atoms with Crippen LogP contribution in [0.3, 0.4) is 0 Å². The van der Waals surface area contributed by atoms with Crippen molar-refractivity contribution in [1.29, 1.82) is 0 Å². The van der Waals surface area contributed by atoms with Gasteiger partial charge in [-0.1, -0.05) is 17.7 Å². The Labute approximate surface area is 209 Å². The normalized spacial score (nSPS) is 30.3. The highest BCUT2D eigenvalue weighted by Crippen LogP contribution is 2.41. The Morgan fingerprint density at radius 1 is 1.11 bits per heavy atom. The highest BCUT2D eigenvalue weighted by atomic mass is 35.5. The Morgan fingerprint density at radius 3 is 2.75 bits per heavy atom. The van der Waals surface area contributed by atoms with Crippen molar-refractivity contribution in [3.63, 3.8) is 0 Å². The van der Waals surface area contributed by atoms with E-state index in [0.717, 1.165) is 5.56 Å². The van der Waals surface area contributed by atoms with Gasteiger partial charge in [0.2, 0.25) is 5.88 Å². The number of aliphatic hydroxyl groups excluding tert-OH is 1. The summed E-state index contributed by atoms with van der Waals surface area (Å²) < 4.78 is 43.4. The van der Waals surface area contributed by atoms with Crippen LogP contribution in [0.1, 0.15) is 29.2 Å². The molecule has 5 heterocycles. The summed E-state index contributed by atoms with van der Waals surface area (Å²) in [4.78, 5) is 11.9. The number of pyridine rings is 1. The lowest BCUT2D eigenvalue weighted by atomic mass is 9.89. The monoisotopic (exact) mass is 519 g/mol. The summed E-state index contributed by atoms with van der Waals surface area (Å²) in [6, 6.07) is 5.02. The molecule has 1 aliphatic carbocycles. The predicted octanol–water partition coefficient (Wildman–Crippen LogP) is 1.94. The van der Waals surface area contributed by atoms with Gasteiger partial charge in [-0.05, 0) is 36.1 Å². The maximum Gasteiger partial charge on any atom is 0.296 e. The first-order valence-electron chi connectivity index (χ1n) is 11.8. The molecule has 0 bridgehead atoms. The Balaban J connectivity index is 1.11. The largest absolute Gasteiger partial charge is 0.468 e. The Kier molecular flexibility index (Phi) is 5.18. The maximum atomic E-state index is 15.1. The van der Waals surface area contributed by atoms with Gasteiger partial charge in [0.1, 0.15) is 40.9 Å². The number of fused-ring (bicyclic) bond motifs is 3. The molecule has 3 fully saturated rings. The molecule has 0 saturated carbocycles. The van der Waals surface area contributed by atoms with Gasteiger partial charge < -0.3 is 38.9 Å². The van der Waals surface area contributed by atoms with Crippen LogP contribution in [-0.2, 0) is 26.2 Å². The van der Waals surface area contributed by atoms with E-state index in [4.69, 9.17) is 35.3 Å². The molecule has 2 aromatic heterocycles. The number of benzene rings is 1. The highest BCUT2D eigenvalue weighted by molar-refractivity contribution is 6.32. The fourth-order valence-corrected chi connectivity index (χ4v) is 5.56. The van der Waals surface area contributed by atoms with Gasteiger partial charge >= 0.3 is 0 Å². The first-order valence-corrected chi connectivity index (χ1v) is 12.2. The van der Waals surface area contributed by atoms with Gasteiger partial charge in [-0.25, -0.2) is 4.39 Å². The number of hydrogen-bond donors (Lipinski definition) is 3. The van der Waals surface area contributed by atoms with Crippen LogP contribution in [0.15, 0.2) is 18.2 Å². The van der Waals surface area contributed by atoms with Crippen molar-refractivity contribution in [3.8, 4) is 11.9 Å². The summed E-state index contributed by atoms with van der Waals surface area (Å²) in [7, 11) is 0. The Hall–Kier alpha value is -2.54. The number of nitrogens with zero attached hydrogens (tertiary/aromatic N) is 2. The molecule has 4 aliphatic rings. The van der Waals surface area contributed by atoms with Crippen molar-refractivity contribution in [2.24, 2.45) is 0 Å². The standard InChI is InChI=1S/C24H23ClFN3O7/c25-12-5-14-21(29-23(27-14)36-17-7-34-19-15(30)6-33-20(17)19)28-22(12)35-16-2-1-10-3-11(4-13(26)18(10)16)24(31)8-32-9-24/h3-5,15-17,19-20,30-31H,1-2,6-9H2,(H,27,28,29)/t15-,16?,17-,19?,20-/m1/s1. The average molecular weight is 520 g/mol. The molecule has 12 heteroatoms. The van der Waals surface area contributed by atoms with Gasteiger partial charge in [-0.2, -0.15) is 9.97 Å². The van der Waals surface area contributed by atoms with Crippen molar-refractivity contribution in [2.75, 3.05) is 26.4 Å². The number of hydrogen-bond acceptors (Lipinski definition) is 9. The molecule has 2 unspecified atom stereocenters. The molecule has 10 nitrogen and oxygen atoms in total. The van der Waals surface area contributed by atoms with E-state index >= 15 is 4.39 Å². The van der Waals surface area contributed by atoms with Crippen LogP contribution < -0.4 is 9.47 Å². The summed E-state index contributed by atoms with van der Waals surface area (Å²) in [5.74, 6) is -0.296. The minimum absolute atomic E-state index is 0.140. The average Bonchev–Trinajstić information content (AvgIpc) is 3.59. The molecule has 0 radical (unpaired) electrons. The third-order valence-electron chi connectivity index (χ3n) is 7.30. The lowest BCUT2D eigenvalue weighted by Gasteiger charge is -2.37. The van der Waals surface area contributed by atoms with Crippen LogP contribution in [0.25, 0.3) is 11.2 Å². The van der Waals surface area contributed by atoms with Crippen LogP contribution in [0, 0.1) is 5.82 Å². The molecule has 3 N–H and O–H groups in total. The van der Waals surface area contributed by atoms with E-state index in [1.54, 1.807) is 6.07 Å². The Bertz CT molecular complexity index is 1350. The molecular formula is C24H23ClFN3O7. The SMILES string of the molecule is O[C@@H]1CO[C@H]2C1OC[C@H]2Oc1nc2nc(OC3CCc4cc(C5(O)COC5)cc(F)c43)c(Cl)cc2[nH]1. The Morgan fingerprint density at radius 2 is 1.94 bits per heavy atom. The molecule has 3 aromatic rings. The summed E-state index contributed by atoms with van der Waals surface area (Å²) >= 11 is 6.44. The van der Waals surface area contributed by atoms with E-state index in [9.17, 15) is 10.2 Å². The molecule has 0 spiro atoms. The molecular weight excluding hydrogens is 497 g/mol. The molecule has 7 rings (SSSR count). The molecule has 190 valence electrons. The highest BCUT2D eigenvalue weighted by Gasteiger charge is 2.48. The van der Waals surface area contributed by atoms with Gasteiger partial charge in [0.25, 0.3) is 6.01 Å². The second-order valence-corrected chi connectivity index (χ2v) is 10.1. The van der Waals surface area contributed by atoms with E-state index in [0.29, 0.717) is 35.1 Å². The summed E-state index contributed by atoms with van der Waals surface area (Å²) in [5, 5.41) is 20.7. The summed E-state index contributed by atoms with van der Waals surface area (Å²) in [5.41, 5.74) is 1.49. The number of aromatic nitrogens is 3. The van der Waals surface area contributed by atoms with Crippen molar-refractivity contribution < 1.29 is 38.3 Å². The lowest BCUT2D eigenvalue weighted by molar-refractivity contribution is -0.184. The number of aliphatic hydroxyl groups is 2. The molecule has 0 amide bonds. The van der Waals surface area contributed by atoms with Crippen molar-refractivity contribution >= 4 is 22.8 Å². The first-order chi connectivity index (χ1) is 17.4. The lowest BCUT2D eigenvalue weighted by Crippen LogP contribution is -2.46. The summed E-state index contributed by atoms with van der Waals surface area (Å²) in [6.07, 6.45) is -1.31. The molecule has 3 aliphatic heterocycles. The fourth-order valence-electron chi connectivity index (χ4n) is 5.36. The minimum atomic E-state index is -1.14. The number of rotatable bonds is 5. The van der Waals surface area contributed by atoms with Gasteiger partial charge in [0.05, 0.1) is 31.9 Å². The van der Waals surface area contributed by atoms with E-state index in [1.807, 2.05) is 6.07 Å². The second-order valence-electron chi connectivity index (χ2n) is 9.71. The van der Waals surface area contributed by atoms with Gasteiger partial charge in [-0.3, -0.25) is 0 Å². The van der Waals surface area contributed by atoms with E-state index in [-0.39, 0.29) is 49.4 Å². The van der Waals surface area contributed by atoms with Crippen molar-refractivity contribution in [3.05, 3.63) is 45.7 Å². The van der Waals surface area contributed by atoms with Crippen molar-refractivity contribution in [1.82, 2.24) is 15.0 Å². The van der Waals surface area contributed by atoms with Crippen LogP contribution in [0.5, 0.6) is 11.9 Å². The quantitative estimate of drug-likeness (QED) is 0.463. The topological polar surface area (TPSA) is 128 Å². The molecule has 5 atom stereocenters. The van der Waals surface area contributed by atoms with Gasteiger partial charge in [0, 0.05) is 5.56 Å². The number of imidazole rings is 1. The zero-order valence-electron chi connectivity index (χ0n) is 18.9. The second kappa shape index (κ2) is 8.23. The number of aryl methyl sites for hydroxylation is 1. The molecule has 1 aromatic carbocycles. The third-order valence-corrected chi connectivity index (χ3v) is 7.57. The zero-order chi connectivity index (χ0) is 24.6. The molecule has 3 saturated heterocycles. The first kappa shape index (κ1) is 22.6. The minimum Gasteiger partial charge on any atom is -0.468 e. The summed E-state index contributed by atoms with van der Waals surface area (Å²) in [6.45, 7) is 0.785. The van der Waals surface area contributed by atoms with Crippen LogP contribution in [0.4, 0.5) is 4.39 Å². The number of ether oxygens (including phenoxy) is 5. The maximum absolute atomic E-state index is 15.1. The van der Waals surface area contributed by atoms with E-state index < -0.39 is 35.8 Å². The smallest absolute Gasteiger partial charge is 0.296 e. The fraction of sp³-hybridized carbons (Fsp3) is 0.500. The van der Waals surface area contributed by atoms with Crippen LogP contribution >= 0.6 is 11.6 Å². The number of aromatic amines is 1. The van der Waals surface area contributed by atoms with E-state index in [1.165, 1.54) is 6.07 Å². The number of halogens is 2. The number of H-pyrrole nitrogens is 1. The van der Waals surface area contributed by atoms with Crippen molar-refractivity contribution in [2.45, 2.75) is 49.0 Å². The zero-order valence-corrected chi connectivity index (χ0v) is 19.7.